The molecule has 1 aliphatic rings. The SMILES string of the molecule is Cc1c(C)c2c3ccccc3n3c2n(c1=O)CC(C)C3. The minimum absolute atomic E-state index is 0.172. The molecule has 1 unspecified atom stereocenters. The number of fused-ring (bicyclic) bond motifs is 3. The molecular formula is C17H18N2O. The molecule has 0 bridgehead atoms. The number of hydrogen-bond donors (Lipinski definition) is 0. The van der Waals surface area contributed by atoms with Gasteiger partial charge in [-0.1, -0.05) is 25.1 Å². The van der Waals surface area contributed by atoms with Crippen LogP contribution in [0.5, 0.6) is 0 Å². The first-order chi connectivity index (χ1) is 9.59. The Hall–Kier alpha value is -2.03. The van der Waals surface area contributed by atoms with E-state index in [0.717, 1.165) is 29.9 Å². The summed E-state index contributed by atoms with van der Waals surface area (Å²) >= 11 is 0. The molecule has 1 atom stereocenters. The molecule has 0 spiro atoms. The van der Waals surface area contributed by atoms with E-state index in [0.29, 0.717) is 5.92 Å². The number of para-hydroxylation sites is 1. The molecule has 1 aromatic carbocycles. The van der Waals surface area contributed by atoms with Crippen molar-refractivity contribution in [1.82, 2.24) is 9.13 Å². The van der Waals surface area contributed by atoms with Crippen LogP contribution in [0.1, 0.15) is 18.1 Å². The van der Waals surface area contributed by atoms with Crippen LogP contribution in [0.25, 0.3) is 21.9 Å². The van der Waals surface area contributed by atoms with Crippen molar-refractivity contribution < 1.29 is 0 Å². The Morgan fingerprint density at radius 2 is 1.75 bits per heavy atom. The fraction of sp³-hybridized carbons (Fsp3) is 0.353. The van der Waals surface area contributed by atoms with Crippen LogP contribution in [-0.4, -0.2) is 9.13 Å². The third-order valence-electron chi connectivity index (χ3n) is 4.69. The summed E-state index contributed by atoms with van der Waals surface area (Å²) in [7, 11) is 0. The van der Waals surface area contributed by atoms with Gasteiger partial charge in [0, 0.05) is 29.4 Å². The van der Waals surface area contributed by atoms with Crippen molar-refractivity contribution >= 4 is 21.9 Å². The van der Waals surface area contributed by atoms with Crippen molar-refractivity contribution in [1.29, 1.82) is 0 Å². The summed E-state index contributed by atoms with van der Waals surface area (Å²) in [5.74, 6) is 0.487. The quantitative estimate of drug-likeness (QED) is 0.613. The van der Waals surface area contributed by atoms with Gasteiger partial charge in [-0.05, 0) is 31.4 Å². The van der Waals surface area contributed by atoms with Crippen LogP contribution in [0.2, 0.25) is 0 Å². The summed E-state index contributed by atoms with van der Waals surface area (Å²) in [6.07, 6.45) is 0. The van der Waals surface area contributed by atoms with E-state index in [-0.39, 0.29) is 5.56 Å². The number of rotatable bonds is 0. The van der Waals surface area contributed by atoms with E-state index in [1.807, 2.05) is 11.5 Å². The Bertz CT molecular complexity index is 914. The Morgan fingerprint density at radius 3 is 2.55 bits per heavy atom. The Kier molecular flexibility index (Phi) is 2.21. The van der Waals surface area contributed by atoms with Crippen molar-refractivity contribution in [3.8, 4) is 0 Å². The molecule has 0 amide bonds. The molecule has 1 aliphatic heterocycles. The van der Waals surface area contributed by atoms with E-state index >= 15 is 0 Å². The van der Waals surface area contributed by atoms with Gasteiger partial charge in [0.25, 0.3) is 5.56 Å². The second-order valence-corrected chi connectivity index (χ2v) is 6.10. The molecule has 3 aromatic rings. The van der Waals surface area contributed by atoms with Crippen LogP contribution >= 0.6 is 0 Å². The molecule has 3 nitrogen and oxygen atoms in total. The van der Waals surface area contributed by atoms with Crippen LogP contribution in [0.3, 0.4) is 0 Å². The lowest BCUT2D eigenvalue weighted by atomic mass is 10.0. The van der Waals surface area contributed by atoms with Crippen LogP contribution in [0, 0.1) is 19.8 Å². The zero-order chi connectivity index (χ0) is 14.0. The van der Waals surface area contributed by atoms with E-state index in [2.05, 4.69) is 42.7 Å². The van der Waals surface area contributed by atoms with Gasteiger partial charge in [0.2, 0.25) is 0 Å². The highest BCUT2D eigenvalue weighted by molar-refractivity contribution is 6.08. The number of hydrogen-bond acceptors (Lipinski definition) is 1. The largest absolute Gasteiger partial charge is 0.326 e. The van der Waals surface area contributed by atoms with Gasteiger partial charge in [-0.2, -0.15) is 0 Å². The Balaban J connectivity index is 2.38. The van der Waals surface area contributed by atoms with E-state index in [9.17, 15) is 4.79 Å². The van der Waals surface area contributed by atoms with E-state index < -0.39 is 0 Å². The molecule has 0 saturated carbocycles. The highest BCUT2D eigenvalue weighted by Gasteiger charge is 2.24. The van der Waals surface area contributed by atoms with E-state index in [1.54, 1.807) is 0 Å². The zero-order valence-electron chi connectivity index (χ0n) is 12.1. The monoisotopic (exact) mass is 266 g/mol. The molecule has 3 heterocycles. The van der Waals surface area contributed by atoms with Gasteiger partial charge in [0.05, 0.1) is 5.52 Å². The highest BCUT2D eigenvalue weighted by Crippen LogP contribution is 2.34. The normalized spacial score (nSPS) is 18.1. The predicted molar refractivity (Wildman–Crippen MR) is 82.3 cm³/mol. The lowest BCUT2D eigenvalue weighted by Gasteiger charge is -2.24. The number of aryl methyl sites for hydroxylation is 1. The summed E-state index contributed by atoms with van der Waals surface area (Å²) in [6.45, 7) is 8.06. The molecule has 20 heavy (non-hydrogen) atoms. The molecule has 2 aromatic heterocycles. The topological polar surface area (TPSA) is 26.9 Å². The first kappa shape index (κ1) is 11.8. The van der Waals surface area contributed by atoms with Crippen LogP contribution < -0.4 is 5.56 Å². The first-order valence-electron chi connectivity index (χ1n) is 7.20. The molecule has 3 heteroatoms. The smallest absolute Gasteiger partial charge is 0.255 e. The molecule has 0 saturated heterocycles. The number of nitrogens with zero attached hydrogens (tertiary/aromatic N) is 2. The summed E-state index contributed by atoms with van der Waals surface area (Å²) < 4.78 is 4.30. The summed E-state index contributed by atoms with van der Waals surface area (Å²) in [5, 5.41) is 2.52. The van der Waals surface area contributed by atoms with Gasteiger partial charge in [-0.15, -0.1) is 0 Å². The fourth-order valence-electron chi connectivity index (χ4n) is 3.62. The van der Waals surface area contributed by atoms with Gasteiger partial charge in [-0.25, -0.2) is 0 Å². The maximum atomic E-state index is 12.6. The number of pyridine rings is 1. The van der Waals surface area contributed by atoms with Crippen molar-refractivity contribution in [2.24, 2.45) is 5.92 Å². The van der Waals surface area contributed by atoms with Gasteiger partial charge in [0.15, 0.2) is 0 Å². The van der Waals surface area contributed by atoms with Crippen molar-refractivity contribution in [3.05, 3.63) is 45.7 Å². The van der Waals surface area contributed by atoms with Gasteiger partial charge < -0.3 is 4.57 Å². The average Bonchev–Trinajstić information content (AvgIpc) is 2.77. The summed E-state index contributed by atoms with van der Waals surface area (Å²) in [6, 6.07) is 8.49. The third-order valence-corrected chi connectivity index (χ3v) is 4.69. The Morgan fingerprint density at radius 1 is 1.05 bits per heavy atom. The number of aromatic nitrogens is 2. The minimum atomic E-state index is 0.172. The van der Waals surface area contributed by atoms with Crippen molar-refractivity contribution in [2.45, 2.75) is 33.9 Å². The van der Waals surface area contributed by atoms with Crippen LogP contribution in [0.4, 0.5) is 0 Å². The van der Waals surface area contributed by atoms with E-state index in [4.69, 9.17) is 0 Å². The number of benzene rings is 1. The summed E-state index contributed by atoms with van der Waals surface area (Å²) in [4.78, 5) is 12.6. The molecular weight excluding hydrogens is 248 g/mol. The molecule has 0 radical (unpaired) electrons. The molecule has 0 fully saturated rings. The average molecular weight is 266 g/mol. The minimum Gasteiger partial charge on any atom is -0.326 e. The molecule has 102 valence electrons. The summed E-state index contributed by atoms with van der Waals surface area (Å²) in [5.41, 5.74) is 4.54. The van der Waals surface area contributed by atoms with E-state index in [1.165, 1.54) is 16.3 Å². The maximum absolute atomic E-state index is 12.6. The van der Waals surface area contributed by atoms with Gasteiger partial charge in [0.1, 0.15) is 5.65 Å². The first-order valence-corrected chi connectivity index (χ1v) is 7.20. The van der Waals surface area contributed by atoms with Crippen molar-refractivity contribution in [2.75, 3.05) is 0 Å². The lowest BCUT2D eigenvalue weighted by Crippen LogP contribution is -2.32. The zero-order valence-corrected chi connectivity index (χ0v) is 12.1. The van der Waals surface area contributed by atoms with Crippen LogP contribution in [0.15, 0.2) is 29.1 Å². The highest BCUT2D eigenvalue weighted by atomic mass is 16.1. The predicted octanol–water partition coefficient (Wildman–Crippen LogP) is 3.22. The maximum Gasteiger partial charge on any atom is 0.255 e. The van der Waals surface area contributed by atoms with Gasteiger partial charge in [-0.3, -0.25) is 9.36 Å². The van der Waals surface area contributed by atoms with Crippen molar-refractivity contribution in [3.63, 3.8) is 0 Å². The second-order valence-electron chi connectivity index (χ2n) is 6.10. The third kappa shape index (κ3) is 1.28. The van der Waals surface area contributed by atoms with Crippen LogP contribution in [-0.2, 0) is 13.1 Å². The molecule has 0 aliphatic carbocycles. The molecule has 0 N–H and O–H groups in total. The van der Waals surface area contributed by atoms with Gasteiger partial charge >= 0.3 is 0 Å². The Labute approximate surface area is 117 Å². The standard InChI is InChI=1S/C17H18N2O/c1-10-8-18-14-7-5-4-6-13(14)15-11(2)12(3)17(20)19(9-10)16(15)18/h4-7,10H,8-9H2,1-3H3. The fourth-order valence-corrected chi connectivity index (χ4v) is 3.62. The lowest BCUT2D eigenvalue weighted by molar-refractivity contribution is 0.392. The second kappa shape index (κ2) is 3.75. The molecule has 4 rings (SSSR count).